The molecule has 1 atom stereocenters. The minimum Gasteiger partial charge on any atom is -0.326 e. The first kappa shape index (κ1) is 12.2. The number of carbonyl (C=O) groups excluding carboxylic acids is 2. The van der Waals surface area contributed by atoms with Gasteiger partial charge in [0.1, 0.15) is 6.54 Å². The number of nitrogens with one attached hydrogen (secondary N) is 1. The van der Waals surface area contributed by atoms with E-state index < -0.39 is 0 Å². The van der Waals surface area contributed by atoms with Crippen molar-refractivity contribution in [1.29, 1.82) is 0 Å². The highest BCUT2D eigenvalue weighted by Crippen LogP contribution is 2.24. The monoisotopic (exact) mass is 259 g/mol. The Balaban J connectivity index is 1.87. The third-order valence-electron chi connectivity index (χ3n) is 3.82. The summed E-state index contributed by atoms with van der Waals surface area (Å²) in [5, 5.41) is 3.11. The highest BCUT2D eigenvalue weighted by atomic mass is 16.2. The van der Waals surface area contributed by atoms with Crippen LogP contribution in [0.3, 0.4) is 0 Å². The van der Waals surface area contributed by atoms with Crippen LogP contribution in [-0.2, 0) is 9.59 Å². The Morgan fingerprint density at radius 2 is 2.00 bits per heavy atom. The molecule has 1 unspecified atom stereocenters. The van der Waals surface area contributed by atoms with Crippen LogP contribution in [0.15, 0.2) is 24.3 Å². The Morgan fingerprint density at radius 3 is 2.79 bits per heavy atom. The molecule has 2 amide bonds. The number of nitrogens with zero attached hydrogens (tertiary/aromatic N) is 2. The van der Waals surface area contributed by atoms with Crippen LogP contribution >= 0.6 is 0 Å². The summed E-state index contributed by atoms with van der Waals surface area (Å²) in [6, 6.07) is 7.94. The van der Waals surface area contributed by atoms with Crippen LogP contribution in [0.25, 0.3) is 0 Å². The van der Waals surface area contributed by atoms with Gasteiger partial charge in [0.15, 0.2) is 0 Å². The van der Waals surface area contributed by atoms with E-state index in [9.17, 15) is 9.59 Å². The molecular weight excluding hydrogens is 242 g/mol. The maximum atomic E-state index is 12.3. The Hall–Kier alpha value is -1.88. The number of fused-ring (bicyclic) bond motifs is 1. The number of aryl methyl sites for hydroxylation is 1. The lowest BCUT2D eigenvalue weighted by molar-refractivity contribution is -0.141. The van der Waals surface area contributed by atoms with Gasteiger partial charge in [0.05, 0.1) is 12.6 Å². The Kier molecular flexibility index (Phi) is 2.98. The molecule has 2 heterocycles. The molecule has 1 aromatic rings. The second-order valence-electron chi connectivity index (χ2n) is 5.10. The van der Waals surface area contributed by atoms with Crippen molar-refractivity contribution in [2.24, 2.45) is 0 Å². The minimum absolute atomic E-state index is 0.000741. The van der Waals surface area contributed by atoms with Crippen molar-refractivity contribution >= 4 is 17.5 Å². The van der Waals surface area contributed by atoms with Gasteiger partial charge in [-0.05, 0) is 18.6 Å². The molecule has 0 spiro atoms. The van der Waals surface area contributed by atoms with E-state index in [0.29, 0.717) is 13.1 Å². The Bertz CT molecular complexity index is 529. The number of para-hydroxylation sites is 1. The van der Waals surface area contributed by atoms with E-state index in [-0.39, 0.29) is 24.4 Å². The van der Waals surface area contributed by atoms with Crippen LogP contribution in [-0.4, -0.2) is 48.9 Å². The predicted octanol–water partition coefficient (Wildman–Crippen LogP) is 0.142. The summed E-state index contributed by atoms with van der Waals surface area (Å²) >= 11 is 0. The molecule has 3 rings (SSSR count). The molecule has 19 heavy (non-hydrogen) atoms. The van der Waals surface area contributed by atoms with E-state index in [4.69, 9.17) is 0 Å². The number of hydrogen-bond acceptors (Lipinski definition) is 3. The fraction of sp³-hybridized carbons (Fsp3) is 0.429. The Labute approximate surface area is 112 Å². The molecule has 2 aliphatic heterocycles. The second kappa shape index (κ2) is 4.66. The van der Waals surface area contributed by atoms with E-state index in [1.165, 1.54) is 0 Å². The second-order valence-corrected chi connectivity index (χ2v) is 5.10. The van der Waals surface area contributed by atoms with Crippen LogP contribution in [0.2, 0.25) is 0 Å². The lowest BCUT2D eigenvalue weighted by atomic mass is 10.1. The van der Waals surface area contributed by atoms with Crippen molar-refractivity contribution in [3.8, 4) is 0 Å². The lowest BCUT2D eigenvalue weighted by Gasteiger charge is -2.43. The number of piperazine rings is 2. The summed E-state index contributed by atoms with van der Waals surface area (Å²) in [5.41, 5.74) is 2.03. The molecule has 100 valence electrons. The van der Waals surface area contributed by atoms with Gasteiger partial charge in [-0.2, -0.15) is 0 Å². The Morgan fingerprint density at radius 1 is 1.21 bits per heavy atom. The number of carbonyl (C=O) groups is 2. The van der Waals surface area contributed by atoms with Gasteiger partial charge >= 0.3 is 0 Å². The number of rotatable bonds is 1. The number of hydrogen-bond donors (Lipinski definition) is 1. The molecule has 0 bridgehead atoms. The summed E-state index contributed by atoms with van der Waals surface area (Å²) in [6.07, 6.45) is 0. The standard InChI is InChI=1S/C14H17N3O2/c1-10-4-2-3-5-12(10)17-8-11-6-15-7-13(18)16(11)9-14(17)19/h2-5,11,15H,6-9H2,1H3. The van der Waals surface area contributed by atoms with Gasteiger partial charge in [-0.3, -0.25) is 9.59 Å². The maximum Gasteiger partial charge on any atom is 0.246 e. The van der Waals surface area contributed by atoms with Crippen molar-refractivity contribution < 1.29 is 9.59 Å². The predicted molar refractivity (Wildman–Crippen MR) is 71.9 cm³/mol. The molecule has 0 aliphatic carbocycles. The average Bonchev–Trinajstić information content (AvgIpc) is 2.40. The summed E-state index contributed by atoms with van der Waals surface area (Å²) in [6.45, 7) is 3.86. The van der Waals surface area contributed by atoms with Gasteiger partial charge in [-0.25, -0.2) is 0 Å². The fourth-order valence-electron chi connectivity index (χ4n) is 2.78. The van der Waals surface area contributed by atoms with Crippen molar-refractivity contribution in [2.75, 3.05) is 31.1 Å². The molecule has 5 nitrogen and oxygen atoms in total. The first-order valence-electron chi connectivity index (χ1n) is 6.53. The molecule has 5 heteroatoms. The molecule has 0 saturated carbocycles. The van der Waals surface area contributed by atoms with E-state index in [2.05, 4.69) is 5.32 Å². The number of anilines is 1. The third kappa shape index (κ3) is 2.10. The average molecular weight is 259 g/mol. The number of amides is 2. The molecule has 1 aromatic carbocycles. The van der Waals surface area contributed by atoms with E-state index in [1.807, 2.05) is 31.2 Å². The molecule has 2 fully saturated rings. The van der Waals surface area contributed by atoms with Gasteiger partial charge in [0.25, 0.3) is 0 Å². The largest absolute Gasteiger partial charge is 0.326 e. The van der Waals surface area contributed by atoms with Gasteiger partial charge in [-0.1, -0.05) is 18.2 Å². The topological polar surface area (TPSA) is 52.7 Å². The zero-order valence-electron chi connectivity index (χ0n) is 10.9. The highest BCUT2D eigenvalue weighted by Gasteiger charge is 2.37. The van der Waals surface area contributed by atoms with Crippen LogP contribution in [0.4, 0.5) is 5.69 Å². The SMILES string of the molecule is Cc1ccccc1N1CC2CNCC(=O)N2CC1=O. The fourth-order valence-corrected chi connectivity index (χ4v) is 2.78. The van der Waals surface area contributed by atoms with Crippen molar-refractivity contribution in [1.82, 2.24) is 10.2 Å². The van der Waals surface area contributed by atoms with Crippen molar-refractivity contribution in [3.05, 3.63) is 29.8 Å². The van der Waals surface area contributed by atoms with Crippen molar-refractivity contribution in [2.45, 2.75) is 13.0 Å². The first-order chi connectivity index (χ1) is 9.16. The molecule has 0 aromatic heterocycles. The minimum atomic E-state index is 0.000741. The smallest absolute Gasteiger partial charge is 0.246 e. The molecular formula is C14H17N3O2. The quantitative estimate of drug-likeness (QED) is 0.780. The van der Waals surface area contributed by atoms with Gasteiger partial charge < -0.3 is 15.1 Å². The zero-order valence-corrected chi connectivity index (χ0v) is 10.9. The van der Waals surface area contributed by atoms with E-state index in [1.54, 1.807) is 9.80 Å². The van der Waals surface area contributed by atoms with Crippen LogP contribution in [0, 0.1) is 6.92 Å². The lowest BCUT2D eigenvalue weighted by Crippen LogP contribution is -2.65. The molecule has 2 saturated heterocycles. The maximum absolute atomic E-state index is 12.3. The summed E-state index contributed by atoms with van der Waals surface area (Å²) in [5.74, 6) is 0.0230. The van der Waals surface area contributed by atoms with E-state index >= 15 is 0 Å². The van der Waals surface area contributed by atoms with Crippen LogP contribution in [0.5, 0.6) is 0 Å². The van der Waals surface area contributed by atoms with E-state index in [0.717, 1.165) is 17.8 Å². The van der Waals surface area contributed by atoms with Gasteiger partial charge in [0, 0.05) is 18.8 Å². The molecule has 2 aliphatic rings. The summed E-state index contributed by atoms with van der Waals surface area (Å²) < 4.78 is 0. The summed E-state index contributed by atoms with van der Waals surface area (Å²) in [7, 11) is 0. The van der Waals surface area contributed by atoms with Gasteiger partial charge in [0.2, 0.25) is 11.8 Å². The van der Waals surface area contributed by atoms with Crippen molar-refractivity contribution in [3.63, 3.8) is 0 Å². The highest BCUT2D eigenvalue weighted by molar-refractivity contribution is 5.99. The molecule has 0 radical (unpaired) electrons. The first-order valence-corrected chi connectivity index (χ1v) is 6.53. The van der Waals surface area contributed by atoms with Crippen LogP contribution < -0.4 is 10.2 Å². The number of benzene rings is 1. The molecule has 1 N–H and O–H groups in total. The zero-order chi connectivity index (χ0) is 13.4. The van der Waals surface area contributed by atoms with Gasteiger partial charge in [-0.15, -0.1) is 0 Å². The third-order valence-corrected chi connectivity index (χ3v) is 3.82. The normalized spacial score (nSPS) is 23.5. The van der Waals surface area contributed by atoms with Crippen LogP contribution in [0.1, 0.15) is 5.56 Å². The summed E-state index contributed by atoms with van der Waals surface area (Å²) in [4.78, 5) is 27.5.